The predicted octanol–water partition coefficient (Wildman–Crippen LogP) is 6.51. The van der Waals surface area contributed by atoms with Gasteiger partial charge in [0.2, 0.25) is 0 Å². The maximum absolute atomic E-state index is 13.4. The number of benzene rings is 3. The molecular formula is C27H23BrCl2N4O3S. The lowest BCUT2D eigenvalue weighted by molar-refractivity contribution is -0.119. The highest BCUT2D eigenvalue weighted by atomic mass is 79.9. The van der Waals surface area contributed by atoms with E-state index in [1.165, 1.54) is 18.3 Å². The molecule has 0 aliphatic rings. The number of carbonyl (C=O) groups excluding carboxylic acids is 1. The number of sulfonamides is 1. The highest BCUT2D eigenvalue weighted by molar-refractivity contribution is 9.10. The van der Waals surface area contributed by atoms with Crippen LogP contribution in [0.3, 0.4) is 0 Å². The Morgan fingerprint density at radius 2 is 1.74 bits per heavy atom. The van der Waals surface area contributed by atoms with E-state index < -0.39 is 22.5 Å². The lowest BCUT2D eigenvalue weighted by Gasteiger charge is -2.23. The first kappa shape index (κ1) is 27.9. The minimum absolute atomic E-state index is 0.0750. The Labute approximate surface area is 239 Å². The SMILES string of the molecule is Cc1cc(/C=N/NC(=O)CN(c2cccc(Br)c2)S(=O)(=O)c2ccccc2)c(C)n1-c1ccc(Cl)c(Cl)c1. The molecule has 0 aliphatic carbocycles. The third-order valence-electron chi connectivity index (χ3n) is 5.74. The zero-order valence-corrected chi connectivity index (χ0v) is 24.3. The summed E-state index contributed by atoms with van der Waals surface area (Å²) in [4.78, 5) is 12.9. The lowest BCUT2D eigenvalue weighted by atomic mass is 10.2. The molecule has 0 radical (unpaired) electrons. The molecule has 4 rings (SSSR count). The van der Waals surface area contributed by atoms with E-state index in [1.807, 2.05) is 30.5 Å². The number of aromatic nitrogens is 1. The van der Waals surface area contributed by atoms with E-state index in [9.17, 15) is 13.2 Å². The smallest absolute Gasteiger partial charge is 0.264 e. The van der Waals surface area contributed by atoms with Crippen molar-refractivity contribution >= 4 is 67.0 Å². The monoisotopic (exact) mass is 632 g/mol. The molecule has 38 heavy (non-hydrogen) atoms. The maximum atomic E-state index is 13.4. The molecule has 0 aliphatic heterocycles. The van der Waals surface area contributed by atoms with Gasteiger partial charge >= 0.3 is 0 Å². The van der Waals surface area contributed by atoms with Crippen molar-refractivity contribution in [3.05, 3.63) is 110 Å². The quantitative estimate of drug-likeness (QED) is 0.177. The Kier molecular flexibility index (Phi) is 8.62. The number of amides is 1. The molecule has 11 heteroatoms. The number of hydrazone groups is 1. The van der Waals surface area contributed by atoms with Gasteiger partial charge in [-0.25, -0.2) is 13.8 Å². The Morgan fingerprint density at radius 3 is 2.42 bits per heavy atom. The van der Waals surface area contributed by atoms with Crippen LogP contribution in [-0.4, -0.2) is 31.7 Å². The molecule has 7 nitrogen and oxygen atoms in total. The highest BCUT2D eigenvalue weighted by Gasteiger charge is 2.27. The van der Waals surface area contributed by atoms with Gasteiger partial charge in [-0.15, -0.1) is 0 Å². The molecular weight excluding hydrogens is 611 g/mol. The van der Waals surface area contributed by atoms with Crippen LogP contribution in [0.4, 0.5) is 5.69 Å². The molecule has 0 atom stereocenters. The van der Waals surface area contributed by atoms with Crippen molar-refractivity contribution in [1.82, 2.24) is 9.99 Å². The zero-order chi connectivity index (χ0) is 27.4. The molecule has 196 valence electrons. The summed E-state index contributed by atoms with van der Waals surface area (Å²) < 4.78 is 30.5. The second-order valence-electron chi connectivity index (χ2n) is 8.36. The Bertz CT molecular complexity index is 1620. The average molecular weight is 634 g/mol. The third-order valence-corrected chi connectivity index (χ3v) is 8.76. The van der Waals surface area contributed by atoms with E-state index in [4.69, 9.17) is 23.2 Å². The first-order chi connectivity index (χ1) is 18.1. The van der Waals surface area contributed by atoms with E-state index in [-0.39, 0.29) is 4.90 Å². The number of nitrogens with one attached hydrogen (secondary N) is 1. The van der Waals surface area contributed by atoms with Crippen LogP contribution < -0.4 is 9.73 Å². The second-order valence-corrected chi connectivity index (χ2v) is 12.0. The van der Waals surface area contributed by atoms with Crippen LogP contribution in [-0.2, 0) is 14.8 Å². The highest BCUT2D eigenvalue weighted by Crippen LogP contribution is 2.28. The van der Waals surface area contributed by atoms with Crippen molar-refractivity contribution in [2.24, 2.45) is 5.10 Å². The van der Waals surface area contributed by atoms with Gasteiger partial charge in [0, 0.05) is 27.1 Å². The zero-order valence-electron chi connectivity index (χ0n) is 20.4. The van der Waals surface area contributed by atoms with Crippen LogP contribution in [0.25, 0.3) is 5.69 Å². The minimum atomic E-state index is -4.01. The van der Waals surface area contributed by atoms with Crippen molar-refractivity contribution < 1.29 is 13.2 Å². The fourth-order valence-electron chi connectivity index (χ4n) is 3.95. The van der Waals surface area contributed by atoms with Crippen LogP contribution in [0.2, 0.25) is 10.0 Å². The molecule has 1 amide bonds. The van der Waals surface area contributed by atoms with Crippen molar-refractivity contribution in [3.8, 4) is 5.69 Å². The van der Waals surface area contributed by atoms with Gasteiger partial charge < -0.3 is 4.57 Å². The van der Waals surface area contributed by atoms with Crippen molar-refractivity contribution in [3.63, 3.8) is 0 Å². The largest absolute Gasteiger partial charge is 0.318 e. The molecule has 4 aromatic rings. The van der Waals surface area contributed by atoms with E-state index in [0.29, 0.717) is 20.2 Å². The third kappa shape index (κ3) is 6.13. The molecule has 0 saturated heterocycles. The number of aryl methyl sites for hydroxylation is 1. The maximum Gasteiger partial charge on any atom is 0.264 e. The Morgan fingerprint density at radius 1 is 1.00 bits per heavy atom. The van der Waals surface area contributed by atoms with E-state index in [2.05, 4.69) is 26.5 Å². The topological polar surface area (TPSA) is 83.8 Å². The summed E-state index contributed by atoms with van der Waals surface area (Å²) in [5.74, 6) is -0.598. The second kappa shape index (κ2) is 11.7. The number of hydrogen-bond donors (Lipinski definition) is 1. The van der Waals surface area contributed by atoms with Gasteiger partial charge in [0.25, 0.3) is 15.9 Å². The molecule has 0 spiro atoms. The molecule has 1 N–H and O–H groups in total. The number of nitrogens with zero attached hydrogens (tertiary/aromatic N) is 3. The Hall–Kier alpha value is -3.11. The summed E-state index contributed by atoms with van der Waals surface area (Å²) in [6, 6.07) is 22.0. The summed E-state index contributed by atoms with van der Waals surface area (Å²) >= 11 is 15.6. The predicted molar refractivity (Wildman–Crippen MR) is 156 cm³/mol. The number of hydrogen-bond acceptors (Lipinski definition) is 4. The average Bonchev–Trinajstić information content (AvgIpc) is 3.17. The number of carbonyl (C=O) groups is 1. The van der Waals surface area contributed by atoms with Gasteiger partial charge in [-0.05, 0) is 68.4 Å². The van der Waals surface area contributed by atoms with Gasteiger partial charge in [-0.2, -0.15) is 5.10 Å². The molecule has 1 heterocycles. The van der Waals surface area contributed by atoms with Crippen LogP contribution in [0.1, 0.15) is 17.0 Å². The standard InChI is InChI=1S/C27H23BrCl2N4O3S/c1-18-13-20(19(2)34(18)23-11-12-25(29)26(30)15-23)16-31-32-27(35)17-33(22-8-6-7-21(28)14-22)38(36,37)24-9-4-3-5-10-24/h3-16H,17H2,1-2H3,(H,32,35)/b31-16+. The fraction of sp³-hybridized carbons (Fsp3) is 0.111. The van der Waals surface area contributed by atoms with Crippen molar-refractivity contribution in [2.45, 2.75) is 18.7 Å². The summed E-state index contributed by atoms with van der Waals surface area (Å²) in [5.41, 5.74) is 6.21. The fourth-order valence-corrected chi connectivity index (χ4v) is 6.06. The van der Waals surface area contributed by atoms with Crippen LogP contribution in [0.5, 0.6) is 0 Å². The lowest BCUT2D eigenvalue weighted by Crippen LogP contribution is -2.39. The molecule has 1 aromatic heterocycles. The summed E-state index contributed by atoms with van der Waals surface area (Å²) in [6.45, 7) is 3.39. The first-order valence-electron chi connectivity index (χ1n) is 11.4. The van der Waals surface area contributed by atoms with Gasteiger partial charge in [-0.1, -0.05) is 63.4 Å². The Balaban J connectivity index is 1.55. The van der Waals surface area contributed by atoms with Gasteiger partial charge in [0.1, 0.15) is 6.54 Å². The number of halogens is 3. The van der Waals surface area contributed by atoms with Gasteiger partial charge in [-0.3, -0.25) is 9.10 Å². The van der Waals surface area contributed by atoms with Crippen molar-refractivity contribution in [2.75, 3.05) is 10.8 Å². The van der Waals surface area contributed by atoms with Gasteiger partial charge in [0.05, 0.1) is 26.8 Å². The van der Waals surface area contributed by atoms with E-state index >= 15 is 0 Å². The normalized spacial score (nSPS) is 11.6. The summed E-state index contributed by atoms with van der Waals surface area (Å²) in [5, 5.41) is 5.00. The summed E-state index contributed by atoms with van der Waals surface area (Å²) in [7, 11) is -4.01. The van der Waals surface area contributed by atoms with Crippen molar-refractivity contribution in [1.29, 1.82) is 0 Å². The molecule has 0 unspecified atom stereocenters. The first-order valence-corrected chi connectivity index (χ1v) is 14.4. The number of rotatable bonds is 8. The van der Waals surface area contributed by atoms with E-state index in [1.54, 1.807) is 54.6 Å². The summed E-state index contributed by atoms with van der Waals surface area (Å²) in [6.07, 6.45) is 1.52. The molecule has 0 saturated carbocycles. The van der Waals surface area contributed by atoms with Gasteiger partial charge in [0.15, 0.2) is 0 Å². The molecule has 0 bridgehead atoms. The number of anilines is 1. The molecule has 0 fully saturated rings. The molecule has 3 aromatic carbocycles. The van der Waals surface area contributed by atoms with Crippen LogP contribution in [0, 0.1) is 13.8 Å². The van der Waals surface area contributed by atoms with Crippen LogP contribution >= 0.6 is 39.1 Å². The van der Waals surface area contributed by atoms with Crippen LogP contribution in [0.15, 0.2) is 93.3 Å². The van der Waals surface area contributed by atoms with E-state index in [0.717, 1.165) is 26.9 Å². The minimum Gasteiger partial charge on any atom is -0.318 e.